The van der Waals surface area contributed by atoms with E-state index in [1.165, 1.54) is 10.5 Å². The highest BCUT2D eigenvalue weighted by molar-refractivity contribution is 7.13. The molecule has 1 saturated carbocycles. The van der Waals surface area contributed by atoms with Gasteiger partial charge in [-0.05, 0) is 77.1 Å². The number of amides is 2. The Morgan fingerprint density at radius 1 is 1.33 bits per heavy atom. The van der Waals surface area contributed by atoms with Crippen LogP contribution in [0.15, 0.2) is 18.2 Å². The minimum absolute atomic E-state index is 0.0452. The summed E-state index contributed by atoms with van der Waals surface area (Å²) in [5, 5.41) is 12.7. The Morgan fingerprint density at radius 2 is 2.12 bits per heavy atom. The topological polar surface area (TPSA) is 85.7 Å². The van der Waals surface area contributed by atoms with Crippen LogP contribution in [0, 0.1) is 17.2 Å². The van der Waals surface area contributed by atoms with Gasteiger partial charge in [0, 0.05) is 35.3 Å². The van der Waals surface area contributed by atoms with Crippen LogP contribution in [0.3, 0.4) is 0 Å². The molecule has 7 nitrogen and oxygen atoms in total. The van der Waals surface area contributed by atoms with Crippen molar-refractivity contribution in [2.24, 2.45) is 5.92 Å². The van der Waals surface area contributed by atoms with E-state index in [1.807, 2.05) is 20.8 Å². The highest BCUT2D eigenvalue weighted by Crippen LogP contribution is 2.43. The number of fused-ring (bicyclic) bond motifs is 2. The zero-order chi connectivity index (χ0) is 23.8. The molecule has 2 bridgehead atoms. The van der Waals surface area contributed by atoms with Gasteiger partial charge in [-0.3, -0.25) is 9.69 Å². The van der Waals surface area contributed by atoms with E-state index in [0.717, 1.165) is 43.6 Å². The Labute approximate surface area is 200 Å². The number of nitrogens with zero attached hydrogens (tertiary/aromatic N) is 3. The molecule has 1 aromatic rings. The molecule has 8 heteroatoms. The Hall–Kier alpha value is -2.37. The van der Waals surface area contributed by atoms with Crippen molar-refractivity contribution in [2.75, 3.05) is 20.1 Å². The van der Waals surface area contributed by atoms with Gasteiger partial charge in [-0.2, -0.15) is 5.26 Å². The molecule has 4 atom stereocenters. The van der Waals surface area contributed by atoms with E-state index in [4.69, 9.17) is 4.74 Å². The number of nitriles is 1. The van der Waals surface area contributed by atoms with Crippen molar-refractivity contribution in [3.8, 4) is 6.07 Å². The van der Waals surface area contributed by atoms with E-state index < -0.39 is 23.8 Å². The van der Waals surface area contributed by atoms with Crippen LogP contribution in [-0.4, -0.2) is 65.7 Å². The predicted octanol–water partition coefficient (Wildman–Crippen LogP) is 3.81. The molecule has 0 aromatic carbocycles. The number of piperidine rings is 1. The van der Waals surface area contributed by atoms with E-state index in [1.54, 1.807) is 16.2 Å². The summed E-state index contributed by atoms with van der Waals surface area (Å²) >= 11 is 1.69. The van der Waals surface area contributed by atoms with Gasteiger partial charge in [0.05, 0.1) is 6.07 Å². The molecule has 1 N–H and O–H groups in total. The maximum absolute atomic E-state index is 13.2. The van der Waals surface area contributed by atoms with E-state index >= 15 is 0 Å². The van der Waals surface area contributed by atoms with Crippen LogP contribution in [0.5, 0.6) is 0 Å². The molecule has 1 aliphatic carbocycles. The van der Waals surface area contributed by atoms with Gasteiger partial charge in [0.1, 0.15) is 17.7 Å². The van der Waals surface area contributed by atoms with Gasteiger partial charge in [0.2, 0.25) is 5.91 Å². The summed E-state index contributed by atoms with van der Waals surface area (Å²) in [6.07, 6.45) is 5.98. The second kappa shape index (κ2) is 9.47. The normalized spacial score (nSPS) is 26.0. The van der Waals surface area contributed by atoms with Gasteiger partial charge in [-0.15, -0.1) is 11.3 Å². The van der Waals surface area contributed by atoms with Crippen molar-refractivity contribution in [3.05, 3.63) is 28.0 Å². The van der Waals surface area contributed by atoms with Gasteiger partial charge < -0.3 is 15.0 Å². The van der Waals surface area contributed by atoms with E-state index in [2.05, 4.69) is 41.5 Å². The number of likely N-dealkylation sites (tertiary alicyclic amines) is 1. The van der Waals surface area contributed by atoms with Crippen LogP contribution in [-0.2, 0) is 16.0 Å². The molecule has 3 heterocycles. The Morgan fingerprint density at radius 3 is 2.79 bits per heavy atom. The van der Waals surface area contributed by atoms with Crippen LogP contribution in [0.1, 0.15) is 56.2 Å². The molecule has 3 aliphatic rings. The average molecular weight is 471 g/mol. The minimum atomic E-state index is -0.630. The third-order valence-electron chi connectivity index (χ3n) is 6.73. The summed E-state index contributed by atoms with van der Waals surface area (Å²) in [4.78, 5) is 32.3. The van der Waals surface area contributed by atoms with Crippen molar-refractivity contribution < 1.29 is 14.3 Å². The highest BCUT2D eigenvalue weighted by atomic mass is 32.1. The number of rotatable bonds is 5. The third kappa shape index (κ3) is 5.42. The fraction of sp³-hybridized carbons (Fsp3) is 0.640. The van der Waals surface area contributed by atoms with Gasteiger partial charge in [-0.1, -0.05) is 6.08 Å². The average Bonchev–Trinajstić information content (AvgIpc) is 3.48. The molecule has 0 unspecified atom stereocenters. The van der Waals surface area contributed by atoms with Crippen LogP contribution in [0.25, 0.3) is 5.57 Å². The molecule has 0 radical (unpaired) electrons. The lowest BCUT2D eigenvalue weighted by atomic mass is 9.97. The fourth-order valence-electron chi connectivity index (χ4n) is 5.14. The summed E-state index contributed by atoms with van der Waals surface area (Å²) in [6.45, 7) is 7.50. The summed E-state index contributed by atoms with van der Waals surface area (Å²) in [5.41, 5.74) is 0.742. The number of carbonyl (C=O) groups excluding carboxylic acids is 2. The molecule has 2 amide bonds. The third-order valence-corrected chi connectivity index (χ3v) is 7.91. The summed E-state index contributed by atoms with van der Waals surface area (Å²) < 4.78 is 5.58. The number of hydrogen-bond donors (Lipinski definition) is 1. The number of nitrogens with one attached hydrogen (secondary N) is 1. The van der Waals surface area contributed by atoms with Crippen molar-refractivity contribution in [2.45, 2.75) is 76.6 Å². The number of likely N-dealkylation sites (N-methyl/N-ethyl adjacent to an activating group) is 1. The monoisotopic (exact) mass is 470 g/mol. The first kappa shape index (κ1) is 23.8. The Balaban J connectivity index is 1.40. The first-order valence-electron chi connectivity index (χ1n) is 11.8. The molecular weight excluding hydrogens is 436 g/mol. The zero-order valence-corrected chi connectivity index (χ0v) is 20.8. The Bertz CT molecular complexity index is 973. The van der Waals surface area contributed by atoms with Crippen LogP contribution >= 0.6 is 11.3 Å². The molecule has 1 saturated heterocycles. The van der Waals surface area contributed by atoms with Gasteiger partial charge >= 0.3 is 6.09 Å². The maximum Gasteiger partial charge on any atom is 0.411 e. The SMILES string of the molecule is CN1CC=C(c2ccc(C[C@@H](C#N)NC(=O)[C@@H]3[C@H]4CC[C@H](C4)N3C(=O)OC(C)(C)C)s2)CC1. The zero-order valence-electron chi connectivity index (χ0n) is 20.0. The largest absolute Gasteiger partial charge is 0.444 e. The molecule has 0 spiro atoms. The lowest BCUT2D eigenvalue weighted by Crippen LogP contribution is -2.55. The molecule has 2 aliphatic heterocycles. The first-order chi connectivity index (χ1) is 15.6. The second-order valence-corrected chi connectivity index (χ2v) is 11.6. The molecular formula is C25H34N4O3S. The van der Waals surface area contributed by atoms with Crippen LogP contribution in [0.4, 0.5) is 4.79 Å². The minimum Gasteiger partial charge on any atom is -0.444 e. The lowest BCUT2D eigenvalue weighted by Gasteiger charge is -2.35. The van der Waals surface area contributed by atoms with Crippen molar-refractivity contribution in [1.82, 2.24) is 15.1 Å². The first-order valence-corrected chi connectivity index (χ1v) is 12.6. The molecule has 1 aromatic heterocycles. The quantitative estimate of drug-likeness (QED) is 0.707. The molecule has 178 valence electrons. The molecule has 33 heavy (non-hydrogen) atoms. The lowest BCUT2D eigenvalue weighted by molar-refractivity contribution is -0.128. The number of thiophene rings is 1. The second-order valence-electron chi connectivity index (χ2n) is 10.5. The number of hydrogen-bond acceptors (Lipinski definition) is 6. The van der Waals surface area contributed by atoms with E-state index in [-0.39, 0.29) is 17.9 Å². The van der Waals surface area contributed by atoms with Crippen LogP contribution in [0.2, 0.25) is 0 Å². The summed E-state index contributed by atoms with van der Waals surface area (Å²) in [5.74, 6) is -0.110. The highest BCUT2D eigenvalue weighted by Gasteiger charge is 2.52. The number of carbonyl (C=O) groups is 2. The van der Waals surface area contributed by atoms with Crippen molar-refractivity contribution >= 4 is 28.9 Å². The predicted molar refractivity (Wildman–Crippen MR) is 129 cm³/mol. The van der Waals surface area contributed by atoms with E-state index in [9.17, 15) is 14.9 Å². The standard InChI is InChI=1S/C25H34N4O3S/c1-25(2,3)32-24(31)29-19-6-5-17(13-19)22(29)23(30)27-18(15-26)14-20-7-8-21(33-20)16-9-11-28(4)12-10-16/h7-9,17-19,22H,5-6,10-14H2,1-4H3,(H,27,30)/t17-,18-,19+,22-/m0/s1. The van der Waals surface area contributed by atoms with Crippen LogP contribution < -0.4 is 5.32 Å². The summed E-state index contributed by atoms with van der Waals surface area (Å²) in [6, 6.07) is 5.28. The number of ether oxygens (including phenoxy) is 1. The van der Waals surface area contributed by atoms with Gasteiger partial charge in [-0.25, -0.2) is 4.79 Å². The Kier molecular flexibility index (Phi) is 6.83. The van der Waals surface area contributed by atoms with E-state index in [0.29, 0.717) is 6.42 Å². The molecule has 4 rings (SSSR count). The van der Waals surface area contributed by atoms with Crippen molar-refractivity contribution in [3.63, 3.8) is 0 Å². The summed E-state index contributed by atoms with van der Waals surface area (Å²) in [7, 11) is 2.12. The fourth-order valence-corrected chi connectivity index (χ4v) is 6.27. The van der Waals surface area contributed by atoms with Crippen molar-refractivity contribution in [1.29, 1.82) is 5.26 Å². The smallest absolute Gasteiger partial charge is 0.411 e. The van der Waals surface area contributed by atoms with Gasteiger partial charge in [0.25, 0.3) is 0 Å². The molecule has 2 fully saturated rings. The van der Waals surface area contributed by atoms with Gasteiger partial charge in [0.15, 0.2) is 0 Å². The maximum atomic E-state index is 13.2.